The second kappa shape index (κ2) is 4.06. The Morgan fingerprint density at radius 3 is 2.86 bits per heavy atom. The summed E-state index contributed by atoms with van der Waals surface area (Å²) in [5.41, 5.74) is 8.56. The van der Waals surface area contributed by atoms with E-state index < -0.39 is 0 Å². The maximum absolute atomic E-state index is 8.76. The van der Waals surface area contributed by atoms with Crippen molar-refractivity contribution in [3.8, 4) is 0 Å². The van der Waals surface area contributed by atoms with Gasteiger partial charge in [-0.25, -0.2) is 0 Å². The lowest BCUT2D eigenvalue weighted by Crippen LogP contribution is -2.35. The molecule has 0 saturated carbocycles. The zero-order chi connectivity index (χ0) is 14.8. The summed E-state index contributed by atoms with van der Waals surface area (Å²) in [5.74, 6) is 0. The molecular weight excluding hydrogens is 258 g/mol. The normalized spacial score (nSPS) is 23.5. The van der Waals surface area contributed by atoms with Gasteiger partial charge in [0.2, 0.25) is 0 Å². The van der Waals surface area contributed by atoms with Gasteiger partial charge in [-0.05, 0) is 62.3 Å². The van der Waals surface area contributed by atoms with E-state index in [4.69, 9.17) is 5.41 Å². The Morgan fingerprint density at radius 1 is 1.24 bits per heavy atom. The lowest BCUT2D eigenvalue weighted by molar-refractivity contribution is 0.364. The fourth-order valence-corrected chi connectivity index (χ4v) is 4.26. The average molecular weight is 279 g/mol. The Labute approximate surface area is 125 Å². The van der Waals surface area contributed by atoms with Gasteiger partial charge in [0.15, 0.2) is 0 Å². The van der Waals surface area contributed by atoms with Crippen LogP contribution in [-0.4, -0.2) is 15.5 Å². The first kappa shape index (κ1) is 12.8. The highest BCUT2D eigenvalue weighted by Gasteiger charge is 2.45. The third-order valence-electron chi connectivity index (χ3n) is 5.43. The minimum atomic E-state index is 0.0108. The molecule has 2 aliphatic rings. The van der Waals surface area contributed by atoms with Crippen molar-refractivity contribution in [1.82, 2.24) is 9.78 Å². The number of aromatic nitrogens is 2. The molecule has 21 heavy (non-hydrogen) atoms. The topological polar surface area (TPSA) is 41.7 Å². The lowest BCUT2D eigenvalue weighted by Gasteiger charge is -2.34. The molecule has 1 aromatic heterocycles. The molecule has 1 N–H and O–H groups in total. The Balaban J connectivity index is 1.79. The van der Waals surface area contributed by atoms with Gasteiger partial charge in [-0.1, -0.05) is 17.7 Å². The second-order valence-corrected chi connectivity index (χ2v) is 6.80. The van der Waals surface area contributed by atoms with E-state index in [0.29, 0.717) is 0 Å². The van der Waals surface area contributed by atoms with Crippen molar-refractivity contribution in [3.63, 3.8) is 0 Å². The van der Waals surface area contributed by atoms with Gasteiger partial charge in [0.05, 0.1) is 5.69 Å². The number of benzene rings is 1. The van der Waals surface area contributed by atoms with E-state index in [1.165, 1.54) is 27.9 Å². The number of nitrogens with one attached hydrogen (secondary N) is 1. The molecule has 0 saturated heterocycles. The molecule has 0 bridgehead atoms. The van der Waals surface area contributed by atoms with Crippen LogP contribution in [-0.2, 0) is 26.3 Å². The lowest BCUT2D eigenvalue weighted by atomic mass is 9.70. The maximum atomic E-state index is 8.76. The Morgan fingerprint density at radius 2 is 2.05 bits per heavy atom. The van der Waals surface area contributed by atoms with Crippen LogP contribution >= 0.6 is 0 Å². The van der Waals surface area contributed by atoms with Gasteiger partial charge in [0.1, 0.15) is 0 Å². The summed E-state index contributed by atoms with van der Waals surface area (Å²) in [6.07, 6.45) is 4.12. The van der Waals surface area contributed by atoms with Crippen molar-refractivity contribution in [2.45, 2.75) is 39.5 Å². The molecule has 1 aromatic carbocycles. The van der Waals surface area contributed by atoms with Gasteiger partial charge in [-0.3, -0.25) is 4.68 Å². The largest absolute Gasteiger partial charge is 0.304 e. The van der Waals surface area contributed by atoms with Crippen molar-refractivity contribution in [1.29, 1.82) is 5.41 Å². The summed E-state index contributed by atoms with van der Waals surface area (Å²) in [5, 5.41) is 13.3. The minimum Gasteiger partial charge on any atom is -0.304 e. The first-order chi connectivity index (χ1) is 10.00. The quantitative estimate of drug-likeness (QED) is 0.791. The van der Waals surface area contributed by atoms with Gasteiger partial charge in [-0.2, -0.15) is 5.10 Å². The number of rotatable bonds is 0. The van der Waals surface area contributed by atoms with E-state index in [1.807, 2.05) is 11.7 Å². The predicted octanol–water partition coefficient (Wildman–Crippen LogP) is 3.14. The van der Waals surface area contributed by atoms with Gasteiger partial charge in [0, 0.05) is 23.9 Å². The SMILES string of the molecule is Cc1ccc2c(c1)C(=N)C1(CCc3c(c(C)nn3C)C1)C2. The predicted molar refractivity (Wildman–Crippen MR) is 84.1 cm³/mol. The zero-order valence-electron chi connectivity index (χ0n) is 13.0. The van der Waals surface area contributed by atoms with E-state index in [9.17, 15) is 0 Å². The number of hydrogen-bond donors (Lipinski definition) is 1. The fraction of sp³-hybridized carbons (Fsp3) is 0.444. The standard InChI is InChI=1S/C18H21N3/c1-11-4-5-13-9-18(17(19)14(13)8-11)7-6-16-15(10-18)12(2)20-21(16)3/h4-5,8,19H,6-7,9-10H2,1-3H3. The highest BCUT2D eigenvalue weighted by molar-refractivity contribution is 6.07. The third-order valence-corrected chi connectivity index (χ3v) is 5.43. The zero-order valence-corrected chi connectivity index (χ0v) is 13.0. The van der Waals surface area contributed by atoms with Crippen LogP contribution in [0.15, 0.2) is 18.2 Å². The van der Waals surface area contributed by atoms with Crippen LogP contribution in [0.4, 0.5) is 0 Å². The van der Waals surface area contributed by atoms with E-state index in [0.717, 1.165) is 37.1 Å². The van der Waals surface area contributed by atoms with Crippen molar-refractivity contribution < 1.29 is 0 Å². The van der Waals surface area contributed by atoms with Crippen LogP contribution in [0.25, 0.3) is 0 Å². The van der Waals surface area contributed by atoms with Crippen molar-refractivity contribution in [2.24, 2.45) is 12.5 Å². The van der Waals surface area contributed by atoms with Crippen LogP contribution in [0.3, 0.4) is 0 Å². The summed E-state index contributed by atoms with van der Waals surface area (Å²) >= 11 is 0. The molecule has 0 radical (unpaired) electrons. The molecule has 1 spiro atoms. The van der Waals surface area contributed by atoms with Gasteiger partial charge >= 0.3 is 0 Å². The van der Waals surface area contributed by atoms with Crippen molar-refractivity contribution in [2.75, 3.05) is 0 Å². The summed E-state index contributed by atoms with van der Waals surface area (Å²) in [4.78, 5) is 0. The number of aryl methyl sites for hydroxylation is 3. The molecule has 1 heterocycles. The molecule has 0 aliphatic heterocycles. The molecule has 2 aromatic rings. The molecular formula is C18H21N3. The van der Waals surface area contributed by atoms with E-state index in [1.54, 1.807) is 0 Å². The fourth-order valence-electron chi connectivity index (χ4n) is 4.26. The molecule has 1 unspecified atom stereocenters. The van der Waals surface area contributed by atoms with Crippen LogP contribution < -0.4 is 0 Å². The van der Waals surface area contributed by atoms with Crippen molar-refractivity contribution >= 4 is 5.71 Å². The van der Waals surface area contributed by atoms with Gasteiger partial charge < -0.3 is 5.41 Å². The van der Waals surface area contributed by atoms with Crippen LogP contribution in [0.2, 0.25) is 0 Å². The van der Waals surface area contributed by atoms with Gasteiger partial charge in [0.25, 0.3) is 0 Å². The first-order valence-corrected chi connectivity index (χ1v) is 7.70. The van der Waals surface area contributed by atoms with E-state index in [-0.39, 0.29) is 5.41 Å². The van der Waals surface area contributed by atoms with Crippen LogP contribution in [0, 0.1) is 24.7 Å². The molecule has 0 amide bonds. The Hall–Kier alpha value is -1.90. The Kier molecular flexibility index (Phi) is 2.48. The van der Waals surface area contributed by atoms with E-state index >= 15 is 0 Å². The van der Waals surface area contributed by atoms with Gasteiger partial charge in [-0.15, -0.1) is 0 Å². The molecule has 4 rings (SSSR count). The summed E-state index contributed by atoms with van der Waals surface area (Å²) in [7, 11) is 2.04. The summed E-state index contributed by atoms with van der Waals surface area (Å²) in [6, 6.07) is 6.59. The van der Waals surface area contributed by atoms with Crippen LogP contribution in [0.1, 0.15) is 40.1 Å². The third kappa shape index (κ3) is 1.66. The molecule has 108 valence electrons. The number of hydrogen-bond acceptors (Lipinski definition) is 2. The minimum absolute atomic E-state index is 0.0108. The second-order valence-electron chi connectivity index (χ2n) is 6.80. The monoisotopic (exact) mass is 279 g/mol. The highest BCUT2D eigenvalue weighted by Crippen LogP contribution is 2.46. The number of fused-ring (bicyclic) bond motifs is 2. The smallest absolute Gasteiger partial charge is 0.0628 e. The highest BCUT2D eigenvalue weighted by atomic mass is 15.3. The molecule has 1 atom stereocenters. The molecule has 3 nitrogen and oxygen atoms in total. The molecule has 2 aliphatic carbocycles. The molecule has 3 heteroatoms. The number of nitrogens with zero attached hydrogens (tertiary/aromatic N) is 2. The van der Waals surface area contributed by atoms with E-state index in [2.05, 4.69) is 37.1 Å². The summed E-state index contributed by atoms with van der Waals surface area (Å²) in [6.45, 7) is 4.22. The first-order valence-electron chi connectivity index (χ1n) is 7.70. The van der Waals surface area contributed by atoms with Crippen molar-refractivity contribution in [3.05, 3.63) is 51.8 Å². The molecule has 0 fully saturated rings. The summed E-state index contributed by atoms with van der Waals surface area (Å²) < 4.78 is 2.04. The average Bonchev–Trinajstić information content (AvgIpc) is 2.88. The Bertz CT molecular complexity index is 769. The van der Waals surface area contributed by atoms with Crippen LogP contribution in [0.5, 0.6) is 0 Å². The maximum Gasteiger partial charge on any atom is 0.0628 e.